The van der Waals surface area contributed by atoms with Crippen LogP contribution in [0.3, 0.4) is 0 Å². The molecule has 1 aliphatic rings. The molecule has 4 nitrogen and oxygen atoms in total. The third-order valence-corrected chi connectivity index (χ3v) is 4.24. The van der Waals surface area contributed by atoms with Gasteiger partial charge < -0.3 is 10.2 Å². The molecule has 1 aromatic rings. The summed E-state index contributed by atoms with van der Waals surface area (Å²) in [6.07, 6.45) is 0.310. The van der Waals surface area contributed by atoms with E-state index in [0.717, 1.165) is 10.0 Å². The van der Waals surface area contributed by atoms with Crippen LogP contribution in [0.4, 0.5) is 0 Å². The fourth-order valence-corrected chi connectivity index (χ4v) is 3.01. The number of amides is 2. The zero-order chi connectivity index (χ0) is 14.9. The fraction of sp³-hybridized carbons (Fsp3) is 0.429. The Morgan fingerprint density at radius 3 is 2.75 bits per heavy atom. The van der Waals surface area contributed by atoms with Crippen LogP contribution in [0.1, 0.15) is 25.8 Å². The summed E-state index contributed by atoms with van der Waals surface area (Å²) in [6, 6.07) is 4.93. The number of hydrogen-bond acceptors (Lipinski definition) is 2. The van der Waals surface area contributed by atoms with Gasteiger partial charge >= 0.3 is 0 Å². The second kappa shape index (κ2) is 6.14. The molecule has 108 valence electrons. The topological polar surface area (TPSA) is 49.4 Å². The van der Waals surface area contributed by atoms with Crippen molar-refractivity contribution in [1.82, 2.24) is 10.2 Å². The summed E-state index contributed by atoms with van der Waals surface area (Å²) in [6.45, 7) is 3.99. The van der Waals surface area contributed by atoms with Gasteiger partial charge in [0.25, 0.3) is 0 Å². The number of carbonyl (C=O) groups excluding carboxylic acids is 2. The van der Waals surface area contributed by atoms with E-state index in [-0.39, 0.29) is 17.9 Å². The first-order chi connectivity index (χ1) is 9.38. The molecular weight excluding hydrogens is 344 g/mol. The van der Waals surface area contributed by atoms with E-state index in [9.17, 15) is 9.59 Å². The smallest absolute Gasteiger partial charge is 0.245 e. The largest absolute Gasteiger partial charge is 0.345 e. The highest BCUT2D eigenvalue weighted by Gasteiger charge is 2.31. The Morgan fingerprint density at radius 2 is 2.10 bits per heavy atom. The summed E-state index contributed by atoms with van der Waals surface area (Å²) in [5.41, 5.74) is 0.872. The molecule has 0 aromatic heterocycles. The molecule has 1 heterocycles. The van der Waals surface area contributed by atoms with Crippen LogP contribution in [0.15, 0.2) is 22.7 Å². The van der Waals surface area contributed by atoms with Gasteiger partial charge in [0, 0.05) is 28.5 Å². The molecule has 2 unspecified atom stereocenters. The predicted octanol–water partition coefficient (Wildman–Crippen LogP) is 2.73. The zero-order valence-corrected chi connectivity index (χ0v) is 13.7. The van der Waals surface area contributed by atoms with Crippen LogP contribution in [0, 0.1) is 0 Å². The van der Waals surface area contributed by atoms with Crippen LogP contribution in [0.5, 0.6) is 0 Å². The Morgan fingerprint density at radius 1 is 1.40 bits per heavy atom. The van der Waals surface area contributed by atoms with Crippen LogP contribution in [0.2, 0.25) is 5.02 Å². The Labute approximate surface area is 131 Å². The molecule has 0 bridgehead atoms. The lowest BCUT2D eigenvalue weighted by Crippen LogP contribution is -2.44. The molecule has 6 heteroatoms. The number of rotatable bonds is 2. The average Bonchev–Trinajstić information content (AvgIpc) is 2.44. The fourth-order valence-electron chi connectivity index (χ4n) is 2.27. The van der Waals surface area contributed by atoms with E-state index in [4.69, 9.17) is 11.6 Å². The van der Waals surface area contributed by atoms with Gasteiger partial charge in [-0.05, 0) is 31.5 Å². The van der Waals surface area contributed by atoms with E-state index in [1.54, 1.807) is 17.9 Å². The second-order valence-electron chi connectivity index (χ2n) is 5.04. The Kier molecular flexibility index (Phi) is 4.70. The number of nitrogens with one attached hydrogen (secondary N) is 1. The first-order valence-corrected chi connectivity index (χ1v) is 7.59. The van der Waals surface area contributed by atoms with Gasteiger partial charge in [-0.15, -0.1) is 0 Å². The van der Waals surface area contributed by atoms with Crippen molar-refractivity contribution in [3.05, 3.63) is 33.3 Å². The first-order valence-electron chi connectivity index (χ1n) is 6.42. The summed E-state index contributed by atoms with van der Waals surface area (Å²) in [5, 5.41) is 3.30. The van der Waals surface area contributed by atoms with Crippen molar-refractivity contribution < 1.29 is 9.59 Å². The van der Waals surface area contributed by atoms with Crippen LogP contribution >= 0.6 is 27.5 Å². The lowest BCUT2D eigenvalue weighted by atomic mass is 10.1. The van der Waals surface area contributed by atoms with E-state index in [1.165, 1.54) is 0 Å². The van der Waals surface area contributed by atoms with Gasteiger partial charge in [0.15, 0.2) is 0 Å². The predicted molar refractivity (Wildman–Crippen MR) is 81.4 cm³/mol. The van der Waals surface area contributed by atoms with Crippen molar-refractivity contribution >= 4 is 39.3 Å². The van der Waals surface area contributed by atoms with E-state index in [2.05, 4.69) is 21.2 Å². The maximum atomic E-state index is 12.3. The van der Waals surface area contributed by atoms with E-state index in [0.29, 0.717) is 18.0 Å². The quantitative estimate of drug-likeness (QED) is 0.882. The number of hydrogen-bond donors (Lipinski definition) is 1. The van der Waals surface area contributed by atoms with Gasteiger partial charge in [0.2, 0.25) is 11.8 Å². The van der Waals surface area contributed by atoms with Crippen molar-refractivity contribution in [1.29, 1.82) is 0 Å². The number of benzene rings is 1. The summed E-state index contributed by atoms with van der Waals surface area (Å²) in [5.74, 6) is -0.176. The highest BCUT2D eigenvalue weighted by Crippen LogP contribution is 2.24. The van der Waals surface area contributed by atoms with Gasteiger partial charge in [-0.2, -0.15) is 0 Å². The number of carbonyl (C=O) groups is 2. The normalized spacial score (nSPS) is 23.5. The molecule has 20 heavy (non-hydrogen) atoms. The highest BCUT2D eigenvalue weighted by molar-refractivity contribution is 9.10. The lowest BCUT2D eigenvalue weighted by Gasteiger charge is -2.28. The minimum atomic E-state index is -0.498. The maximum absolute atomic E-state index is 12.3. The van der Waals surface area contributed by atoms with E-state index in [1.807, 2.05) is 19.1 Å². The van der Waals surface area contributed by atoms with Gasteiger partial charge in [-0.25, -0.2) is 0 Å². The van der Waals surface area contributed by atoms with Crippen LogP contribution in [-0.2, 0) is 16.1 Å². The van der Waals surface area contributed by atoms with Crippen LogP contribution < -0.4 is 5.32 Å². The molecule has 0 aliphatic carbocycles. The molecule has 0 radical (unpaired) electrons. The monoisotopic (exact) mass is 358 g/mol. The molecule has 1 saturated heterocycles. The van der Waals surface area contributed by atoms with Crippen LogP contribution in [0.25, 0.3) is 0 Å². The van der Waals surface area contributed by atoms with Gasteiger partial charge in [-0.3, -0.25) is 9.59 Å². The molecule has 2 rings (SSSR count). The summed E-state index contributed by atoms with van der Waals surface area (Å²) >= 11 is 9.55. The Balaban J connectivity index is 2.25. The molecule has 1 aliphatic heterocycles. The molecule has 2 amide bonds. The van der Waals surface area contributed by atoms with E-state index >= 15 is 0 Å². The van der Waals surface area contributed by atoms with Gasteiger partial charge in [0.1, 0.15) is 6.04 Å². The Hall–Kier alpha value is -1.07. The SMILES string of the molecule is CC1NC(=O)CC(C)N(Cc2ccc(Br)cc2Cl)C1=O. The number of halogens is 2. The van der Waals surface area contributed by atoms with Crippen molar-refractivity contribution in [3.8, 4) is 0 Å². The van der Waals surface area contributed by atoms with Crippen molar-refractivity contribution in [2.45, 2.75) is 38.9 Å². The minimum absolute atomic E-state index is 0.0812. The third kappa shape index (κ3) is 3.33. The summed E-state index contributed by atoms with van der Waals surface area (Å²) < 4.78 is 0.895. The van der Waals surface area contributed by atoms with Gasteiger partial charge in [0.05, 0.1) is 0 Å². The molecule has 2 atom stereocenters. The average molecular weight is 360 g/mol. The van der Waals surface area contributed by atoms with Gasteiger partial charge in [-0.1, -0.05) is 33.6 Å². The molecule has 1 fully saturated rings. The molecule has 0 spiro atoms. The van der Waals surface area contributed by atoms with Crippen LogP contribution in [-0.4, -0.2) is 28.8 Å². The third-order valence-electron chi connectivity index (χ3n) is 3.40. The molecular formula is C14H16BrClN2O2. The Bertz CT molecular complexity index is 550. The summed E-state index contributed by atoms with van der Waals surface area (Å²) in [4.78, 5) is 25.7. The summed E-state index contributed by atoms with van der Waals surface area (Å²) in [7, 11) is 0. The maximum Gasteiger partial charge on any atom is 0.245 e. The molecule has 1 aromatic carbocycles. The first kappa shape index (κ1) is 15.3. The number of nitrogens with zero attached hydrogens (tertiary/aromatic N) is 1. The second-order valence-corrected chi connectivity index (χ2v) is 6.37. The van der Waals surface area contributed by atoms with Crippen molar-refractivity contribution in [2.24, 2.45) is 0 Å². The minimum Gasteiger partial charge on any atom is -0.345 e. The highest BCUT2D eigenvalue weighted by atomic mass is 79.9. The van der Waals surface area contributed by atoms with E-state index < -0.39 is 6.04 Å². The molecule has 1 N–H and O–H groups in total. The lowest BCUT2D eigenvalue weighted by molar-refractivity contribution is -0.135. The molecule has 0 saturated carbocycles. The van der Waals surface area contributed by atoms with Crippen molar-refractivity contribution in [3.63, 3.8) is 0 Å². The zero-order valence-electron chi connectivity index (χ0n) is 11.3. The van der Waals surface area contributed by atoms with Crippen molar-refractivity contribution in [2.75, 3.05) is 0 Å². The standard InChI is InChI=1S/C14H16BrClN2O2/c1-8-5-13(19)17-9(2)14(20)18(8)7-10-3-4-11(15)6-12(10)16/h3-4,6,8-9H,5,7H2,1-2H3,(H,17,19).